The second kappa shape index (κ2) is 5.23. The van der Waals surface area contributed by atoms with Crippen LogP contribution >= 0.6 is 22.7 Å². The Balaban J connectivity index is 2.04. The summed E-state index contributed by atoms with van der Waals surface area (Å²) >= 11 is 2.24. The first-order chi connectivity index (χ1) is 10.1. The molecule has 0 fully saturated rings. The van der Waals surface area contributed by atoms with E-state index in [4.69, 9.17) is 0 Å². The van der Waals surface area contributed by atoms with E-state index in [1.807, 2.05) is 35.9 Å². The summed E-state index contributed by atoms with van der Waals surface area (Å²) in [6.45, 7) is 0. The van der Waals surface area contributed by atoms with Gasteiger partial charge in [0, 0.05) is 13.1 Å². The highest BCUT2D eigenvalue weighted by atomic mass is 32.1. The summed E-state index contributed by atoms with van der Waals surface area (Å²) in [4.78, 5) is 27.1. The number of rotatable bonds is 2. The highest BCUT2D eigenvalue weighted by Gasteiger charge is 2.15. The molecule has 0 radical (unpaired) electrons. The van der Waals surface area contributed by atoms with E-state index in [2.05, 4.69) is 4.99 Å². The molecule has 3 rings (SSSR count). The number of nitro groups is 1. The maximum atomic E-state index is 12.1. The number of carbonyl (C=O) groups excluding carboxylic acids is 1. The summed E-state index contributed by atoms with van der Waals surface area (Å²) in [6.07, 6.45) is 0. The molecule has 0 atom stereocenters. The van der Waals surface area contributed by atoms with Crippen molar-refractivity contribution in [3.63, 3.8) is 0 Å². The summed E-state index contributed by atoms with van der Waals surface area (Å²) in [6, 6.07) is 10.5. The molecule has 8 heteroatoms. The van der Waals surface area contributed by atoms with Crippen molar-refractivity contribution >= 4 is 43.8 Å². The summed E-state index contributed by atoms with van der Waals surface area (Å²) in [5.41, 5.74) is 0.992. The molecule has 6 nitrogen and oxygen atoms in total. The molecule has 2 aromatic heterocycles. The van der Waals surface area contributed by atoms with E-state index in [0.717, 1.165) is 21.6 Å². The fraction of sp³-hybridized carbons (Fsp3) is 0.0769. The zero-order valence-corrected chi connectivity index (χ0v) is 12.5. The summed E-state index contributed by atoms with van der Waals surface area (Å²) < 4.78 is 2.86. The predicted octanol–water partition coefficient (Wildman–Crippen LogP) is 2.95. The lowest BCUT2D eigenvalue weighted by Gasteiger charge is -1.93. The van der Waals surface area contributed by atoms with Crippen LogP contribution in [0, 0.1) is 10.1 Å². The minimum absolute atomic E-state index is 0.0609. The van der Waals surface area contributed by atoms with Gasteiger partial charge in [0.15, 0.2) is 4.80 Å². The Morgan fingerprint density at radius 2 is 2.00 bits per heavy atom. The Morgan fingerprint density at radius 3 is 2.67 bits per heavy atom. The topological polar surface area (TPSA) is 77.5 Å². The van der Waals surface area contributed by atoms with Crippen LogP contribution in [0.3, 0.4) is 0 Å². The van der Waals surface area contributed by atoms with Crippen molar-refractivity contribution in [1.29, 1.82) is 0 Å². The molecule has 0 unspecified atom stereocenters. The standard InChI is InChI=1S/C13H9N3O3S2/c1-15-8-4-2-3-5-9(8)21-13(15)14-12(17)10-6-7-11(20-10)16(18)19/h2-7H,1H3. The first kappa shape index (κ1) is 13.7. The maximum absolute atomic E-state index is 12.1. The van der Waals surface area contributed by atoms with Gasteiger partial charge in [0.05, 0.1) is 15.1 Å². The molecule has 1 aromatic carbocycles. The fourth-order valence-electron chi connectivity index (χ4n) is 1.87. The minimum atomic E-state index is -0.513. The van der Waals surface area contributed by atoms with Crippen molar-refractivity contribution in [2.24, 2.45) is 12.0 Å². The van der Waals surface area contributed by atoms with Crippen molar-refractivity contribution in [2.75, 3.05) is 0 Å². The van der Waals surface area contributed by atoms with Gasteiger partial charge in [-0.05, 0) is 18.2 Å². The number of benzene rings is 1. The third-order valence-corrected chi connectivity index (χ3v) is 5.03. The van der Waals surface area contributed by atoms with E-state index in [0.29, 0.717) is 4.80 Å². The van der Waals surface area contributed by atoms with E-state index in [9.17, 15) is 14.9 Å². The lowest BCUT2D eigenvalue weighted by Crippen LogP contribution is -2.12. The van der Waals surface area contributed by atoms with Gasteiger partial charge in [-0.2, -0.15) is 4.99 Å². The molecular weight excluding hydrogens is 310 g/mol. The van der Waals surface area contributed by atoms with Crippen LogP contribution in [-0.4, -0.2) is 15.4 Å². The van der Waals surface area contributed by atoms with Crippen LogP contribution in [0.15, 0.2) is 41.4 Å². The van der Waals surface area contributed by atoms with Gasteiger partial charge in [-0.1, -0.05) is 34.8 Å². The quantitative estimate of drug-likeness (QED) is 0.538. The van der Waals surface area contributed by atoms with Crippen LogP contribution in [0.5, 0.6) is 0 Å². The van der Waals surface area contributed by atoms with Gasteiger partial charge in [-0.15, -0.1) is 0 Å². The number of hydrogen-bond acceptors (Lipinski definition) is 5. The molecule has 0 saturated carbocycles. The number of thiazole rings is 1. The molecule has 2 heterocycles. The van der Waals surface area contributed by atoms with Gasteiger partial charge in [-0.3, -0.25) is 14.9 Å². The smallest absolute Gasteiger partial charge is 0.319 e. The number of aryl methyl sites for hydroxylation is 1. The summed E-state index contributed by atoms with van der Waals surface area (Å²) in [5.74, 6) is -0.463. The molecule has 21 heavy (non-hydrogen) atoms. The molecule has 3 aromatic rings. The molecule has 0 bridgehead atoms. The number of amides is 1. The summed E-state index contributed by atoms with van der Waals surface area (Å²) in [7, 11) is 1.84. The first-order valence-electron chi connectivity index (χ1n) is 5.94. The van der Waals surface area contributed by atoms with Gasteiger partial charge >= 0.3 is 5.00 Å². The van der Waals surface area contributed by atoms with Crippen LogP contribution in [0.4, 0.5) is 5.00 Å². The van der Waals surface area contributed by atoms with E-state index in [1.54, 1.807) is 0 Å². The lowest BCUT2D eigenvalue weighted by molar-refractivity contribution is -0.380. The zero-order chi connectivity index (χ0) is 15.0. The van der Waals surface area contributed by atoms with Crippen LogP contribution in [0.2, 0.25) is 0 Å². The molecule has 1 amide bonds. The van der Waals surface area contributed by atoms with E-state index in [-0.39, 0.29) is 9.88 Å². The molecule has 0 aliphatic heterocycles. The Bertz CT molecular complexity index is 920. The number of carbonyl (C=O) groups is 1. The molecule has 0 saturated heterocycles. The second-order valence-corrected chi connectivity index (χ2v) is 6.29. The molecule has 0 N–H and O–H groups in total. The number of aromatic nitrogens is 1. The highest BCUT2D eigenvalue weighted by Crippen LogP contribution is 2.24. The van der Waals surface area contributed by atoms with Crippen molar-refractivity contribution in [3.05, 3.63) is 56.2 Å². The average molecular weight is 319 g/mol. The maximum Gasteiger partial charge on any atom is 0.324 e. The zero-order valence-electron chi connectivity index (χ0n) is 10.8. The molecular formula is C13H9N3O3S2. The van der Waals surface area contributed by atoms with Crippen LogP contribution < -0.4 is 4.80 Å². The van der Waals surface area contributed by atoms with Crippen molar-refractivity contribution in [3.8, 4) is 0 Å². The number of para-hydroxylation sites is 1. The van der Waals surface area contributed by atoms with Gasteiger partial charge in [0.25, 0.3) is 5.91 Å². The van der Waals surface area contributed by atoms with Gasteiger partial charge in [0.2, 0.25) is 0 Å². The van der Waals surface area contributed by atoms with Crippen molar-refractivity contribution < 1.29 is 9.72 Å². The number of fused-ring (bicyclic) bond motifs is 1. The first-order valence-corrected chi connectivity index (χ1v) is 7.57. The second-order valence-electron chi connectivity index (χ2n) is 4.22. The van der Waals surface area contributed by atoms with Gasteiger partial charge in [-0.25, -0.2) is 0 Å². The van der Waals surface area contributed by atoms with Crippen LogP contribution in [-0.2, 0) is 7.05 Å². The number of hydrogen-bond donors (Lipinski definition) is 0. The van der Waals surface area contributed by atoms with Crippen molar-refractivity contribution in [1.82, 2.24) is 4.57 Å². The Morgan fingerprint density at radius 1 is 1.24 bits per heavy atom. The largest absolute Gasteiger partial charge is 0.324 e. The number of nitrogens with zero attached hydrogens (tertiary/aromatic N) is 3. The third-order valence-electron chi connectivity index (χ3n) is 2.89. The van der Waals surface area contributed by atoms with E-state index in [1.165, 1.54) is 23.5 Å². The SMILES string of the molecule is Cn1c(=NC(=O)c2ccc([N+](=O)[O-])s2)sc2ccccc21. The average Bonchev–Trinajstić information content (AvgIpc) is 3.06. The Kier molecular flexibility index (Phi) is 3.40. The van der Waals surface area contributed by atoms with Crippen LogP contribution in [0.25, 0.3) is 10.2 Å². The predicted molar refractivity (Wildman–Crippen MR) is 81.7 cm³/mol. The summed E-state index contributed by atoms with van der Waals surface area (Å²) in [5, 5.41) is 10.6. The van der Waals surface area contributed by atoms with Crippen molar-refractivity contribution in [2.45, 2.75) is 0 Å². The Labute approximate surface area is 126 Å². The minimum Gasteiger partial charge on any atom is -0.319 e. The normalized spacial score (nSPS) is 12.0. The number of thiophene rings is 1. The highest BCUT2D eigenvalue weighted by molar-refractivity contribution is 7.17. The molecule has 0 aliphatic carbocycles. The molecule has 106 valence electrons. The fourth-order valence-corrected chi connectivity index (χ4v) is 3.59. The van der Waals surface area contributed by atoms with Gasteiger partial charge < -0.3 is 4.57 Å². The van der Waals surface area contributed by atoms with Gasteiger partial charge in [0.1, 0.15) is 4.88 Å². The Hall–Kier alpha value is -2.32. The molecule has 0 spiro atoms. The molecule has 0 aliphatic rings. The lowest BCUT2D eigenvalue weighted by atomic mass is 10.3. The van der Waals surface area contributed by atoms with E-state index >= 15 is 0 Å². The van der Waals surface area contributed by atoms with E-state index < -0.39 is 10.8 Å². The van der Waals surface area contributed by atoms with Crippen LogP contribution in [0.1, 0.15) is 9.67 Å². The third kappa shape index (κ3) is 2.50. The monoisotopic (exact) mass is 319 g/mol.